The second-order valence-corrected chi connectivity index (χ2v) is 5.25. The van der Waals surface area contributed by atoms with Crippen LogP contribution in [0.4, 0.5) is 0 Å². The summed E-state index contributed by atoms with van der Waals surface area (Å²) in [5.74, 6) is 0.877. The third-order valence-corrected chi connectivity index (χ3v) is 3.57. The Balaban J connectivity index is 2.56. The number of esters is 1. The van der Waals surface area contributed by atoms with Crippen molar-refractivity contribution in [3.63, 3.8) is 0 Å². The molecular formula is C20H22O4. The molecule has 0 saturated carbocycles. The summed E-state index contributed by atoms with van der Waals surface area (Å²) in [4.78, 5) is 12.0. The summed E-state index contributed by atoms with van der Waals surface area (Å²) in [6.45, 7) is 4.14. The number of hydrogen-bond acceptors (Lipinski definition) is 4. The lowest BCUT2D eigenvalue weighted by molar-refractivity contribution is -0.137. The smallest absolute Gasteiger partial charge is 0.331 e. The Kier molecular flexibility index (Phi) is 6.01. The largest absolute Gasteiger partial charge is 0.493 e. The molecule has 126 valence electrons. The molecule has 2 aromatic rings. The molecule has 2 aromatic carbocycles. The van der Waals surface area contributed by atoms with Crippen LogP contribution in [-0.4, -0.2) is 26.8 Å². The van der Waals surface area contributed by atoms with Crippen molar-refractivity contribution in [1.29, 1.82) is 0 Å². The predicted molar refractivity (Wildman–Crippen MR) is 94.4 cm³/mol. The van der Waals surface area contributed by atoms with Gasteiger partial charge < -0.3 is 14.2 Å². The summed E-state index contributed by atoms with van der Waals surface area (Å²) in [6.07, 6.45) is 1.51. The number of carbonyl (C=O) groups excluding carboxylic acids is 1. The molecule has 0 unspecified atom stereocenters. The molecule has 0 fully saturated rings. The number of carbonyl (C=O) groups is 1. The van der Waals surface area contributed by atoms with Gasteiger partial charge in [0.15, 0.2) is 11.5 Å². The summed E-state index contributed by atoms with van der Waals surface area (Å²) in [5, 5.41) is 0. The Hall–Kier alpha value is -2.75. The molecule has 4 nitrogen and oxygen atoms in total. The zero-order valence-corrected chi connectivity index (χ0v) is 14.5. The lowest BCUT2D eigenvalue weighted by Crippen LogP contribution is -2.02. The molecular weight excluding hydrogens is 304 g/mol. The summed E-state index contributed by atoms with van der Waals surface area (Å²) >= 11 is 0. The summed E-state index contributed by atoms with van der Waals surface area (Å²) in [5.41, 5.74) is 3.68. The van der Waals surface area contributed by atoms with Gasteiger partial charge in [-0.3, -0.25) is 0 Å². The number of aryl methyl sites for hydroxylation is 1. The van der Waals surface area contributed by atoms with Gasteiger partial charge in [-0.25, -0.2) is 4.79 Å². The molecule has 0 aliphatic rings. The van der Waals surface area contributed by atoms with Crippen molar-refractivity contribution in [3.8, 4) is 11.5 Å². The van der Waals surface area contributed by atoms with E-state index in [9.17, 15) is 4.79 Å². The maximum Gasteiger partial charge on any atom is 0.331 e. The van der Waals surface area contributed by atoms with E-state index in [1.54, 1.807) is 21.1 Å². The third kappa shape index (κ3) is 4.16. The van der Waals surface area contributed by atoms with Crippen LogP contribution in [0, 0.1) is 6.92 Å². The molecule has 0 heterocycles. The number of methoxy groups -OCH3 is 2. The van der Waals surface area contributed by atoms with E-state index < -0.39 is 0 Å². The van der Waals surface area contributed by atoms with Gasteiger partial charge in [0, 0.05) is 6.08 Å². The van der Waals surface area contributed by atoms with E-state index in [2.05, 4.69) is 0 Å². The van der Waals surface area contributed by atoms with Gasteiger partial charge in [-0.15, -0.1) is 0 Å². The van der Waals surface area contributed by atoms with Gasteiger partial charge in [0.25, 0.3) is 0 Å². The first-order valence-corrected chi connectivity index (χ1v) is 7.77. The third-order valence-electron chi connectivity index (χ3n) is 3.57. The fraction of sp³-hybridized carbons (Fsp3) is 0.250. The van der Waals surface area contributed by atoms with Gasteiger partial charge in [-0.1, -0.05) is 35.9 Å². The zero-order chi connectivity index (χ0) is 17.5. The average molecular weight is 326 g/mol. The van der Waals surface area contributed by atoms with Crippen LogP contribution < -0.4 is 9.47 Å². The van der Waals surface area contributed by atoms with Gasteiger partial charge in [-0.05, 0) is 42.7 Å². The topological polar surface area (TPSA) is 44.8 Å². The van der Waals surface area contributed by atoms with Crippen molar-refractivity contribution in [2.45, 2.75) is 13.8 Å². The highest BCUT2D eigenvalue weighted by Gasteiger charge is 2.12. The molecule has 24 heavy (non-hydrogen) atoms. The number of rotatable bonds is 6. The lowest BCUT2D eigenvalue weighted by atomic mass is 9.96. The van der Waals surface area contributed by atoms with E-state index >= 15 is 0 Å². The van der Waals surface area contributed by atoms with Crippen molar-refractivity contribution in [3.05, 3.63) is 65.2 Å². The zero-order valence-electron chi connectivity index (χ0n) is 14.5. The molecule has 0 N–H and O–H groups in total. The van der Waals surface area contributed by atoms with E-state index in [1.165, 1.54) is 6.08 Å². The molecule has 0 aliphatic heterocycles. The molecule has 2 rings (SSSR count). The van der Waals surface area contributed by atoms with E-state index in [0.717, 1.165) is 22.3 Å². The van der Waals surface area contributed by atoms with Crippen LogP contribution in [0.5, 0.6) is 11.5 Å². The Labute approximate surface area is 142 Å². The van der Waals surface area contributed by atoms with E-state index in [4.69, 9.17) is 14.2 Å². The number of benzene rings is 2. The first-order chi connectivity index (χ1) is 11.6. The summed E-state index contributed by atoms with van der Waals surface area (Å²) in [7, 11) is 3.18. The van der Waals surface area contributed by atoms with Gasteiger partial charge in [0.1, 0.15) is 0 Å². The normalized spacial score (nSPS) is 11.1. The Morgan fingerprint density at radius 3 is 2.33 bits per heavy atom. The standard InChI is InChI=1S/C20H22O4/c1-5-24-20(21)13-17(15-8-6-7-14(2)11-15)16-9-10-18(22-3)19(12-16)23-4/h6-13H,5H2,1-4H3/b17-13-. The minimum absolute atomic E-state index is 0.336. The molecule has 0 atom stereocenters. The highest BCUT2D eigenvalue weighted by molar-refractivity contribution is 5.96. The number of ether oxygens (including phenoxy) is 3. The van der Waals surface area contributed by atoms with Gasteiger partial charge in [0.2, 0.25) is 0 Å². The van der Waals surface area contributed by atoms with E-state index in [1.807, 2.05) is 49.4 Å². The molecule has 0 aliphatic carbocycles. The minimum atomic E-state index is -0.371. The van der Waals surface area contributed by atoms with Crippen LogP contribution in [0.3, 0.4) is 0 Å². The van der Waals surface area contributed by atoms with Crippen molar-refractivity contribution in [1.82, 2.24) is 0 Å². The second-order valence-electron chi connectivity index (χ2n) is 5.25. The van der Waals surface area contributed by atoms with E-state index in [-0.39, 0.29) is 5.97 Å². The second kappa shape index (κ2) is 8.20. The number of hydrogen-bond donors (Lipinski definition) is 0. The maximum absolute atomic E-state index is 12.0. The summed E-state index contributed by atoms with van der Waals surface area (Å²) < 4.78 is 15.7. The van der Waals surface area contributed by atoms with Crippen molar-refractivity contribution in [2.75, 3.05) is 20.8 Å². The minimum Gasteiger partial charge on any atom is -0.493 e. The van der Waals surface area contributed by atoms with Crippen LogP contribution in [0.15, 0.2) is 48.5 Å². The highest BCUT2D eigenvalue weighted by Crippen LogP contribution is 2.33. The van der Waals surface area contributed by atoms with Crippen molar-refractivity contribution in [2.24, 2.45) is 0 Å². The molecule has 0 radical (unpaired) electrons. The van der Waals surface area contributed by atoms with Crippen LogP contribution in [0.25, 0.3) is 5.57 Å². The van der Waals surface area contributed by atoms with Crippen LogP contribution in [0.2, 0.25) is 0 Å². The van der Waals surface area contributed by atoms with Crippen LogP contribution in [0.1, 0.15) is 23.6 Å². The van der Waals surface area contributed by atoms with Gasteiger partial charge >= 0.3 is 5.97 Å². The molecule has 0 aromatic heterocycles. The molecule has 0 spiro atoms. The molecule has 0 amide bonds. The first kappa shape index (κ1) is 17.6. The highest BCUT2D eigenvalue weighted by atomic mass is 16.5. The van der Waals surface area contributed by atoms with E-state index in [0.29, 0.717) is 18.1 Å². The average Bonchev–Trinajstić information content (AvgIpc) is 2.59. The van der Waals surface area contributed by atoms with Gasteiger partial charge in [0.05, 0.1) is 20.8 Å². The van der Waals surface area contributed by atoms with Crippen molar-refractivity contribution < 1.29 is 19.0 Å². The Morgan fingerprint density at radius 2 is 1.71 bits per heavy atom. The Bertz CT molecular complexity index is 747. The maximum atomic E-state index is 12.0. The quantitative estimate of drug-likeness (QED) is 0.594. The fourth-order valence-corrected chi connectivity index (χ4v) is 2.45. The van der Waals surface area contributed by atoms with Crippen LogP contribution in [-0.2, 0) is 9.53 Å². The molecule has 4 heteroatoms. The predicted octanol–water partition coefficient (Wildman–Crippen LogP) is 4.01. The fourth-order valence-electron chi connectivity index (χ4n) is 2.45. The summed E-state index contributed by atoms with van der Waals surface area (Å²) in [6, 6.07) is 13.5. The lowest BCUT2D eigenvalue weighted by Gasteiger charge is -2.13. The Morgan fingerprint density at radius 1 is 1.00 bits per heavy atom. The first-order valence-electron chi connectivity index (χ1n) is 7.77. The molecule has 0 bridgehead atoms. The molecule has 0 saturated heterocycles. The SMILES string of the molecule is CCOC(=O)/C=C(/c1cccc(C)c1)c1ccc(OC)c(OC)c1. The van der Waals surface area contributed by atoms with Crippen LogP contribution >= 0.6 is 0 Å². The van der Waals surface area contributed by atoms with Gasteiger partial charge in [-0.2, -0.15) is 0 Å². The van der Waals surface area contributed by atoms with Crippen molar-refractivity contribution >= 4 is 11.5 Å². The monoisotopic (exact) mass is 326 g/mol.